The van der Waals surface area contributed by atoms with E-state index >= 15 is 0 Å². The molecule has 0 bridgehead atoms. The van der Waals surface area contributed by atoms with Gasteiger partial charge in [0.1, 0.15) is 0 Å². The number of halogens is 1. The minimum atomic E-state index is 1.23. The maximum absolute atomic E-state index is 3.53. The molecule has 1 aliphatic carbocycles. The molecule has 1 N–H and O–H groups in total. The van der Waals surface area contributed by atoms with Crippen molar-refractivity contribution >= 4 is 21.6 Å². The number of anilines is 1. The van der Waals surface area contributed by atoms with Crippen LogP contribution in [-0.4, -0.2) is 7.05 Å². The molecule has 0 fully saturated rings. The van der Waals surface area contributed by atoms with Gasteiger partial charge in [-0.3, -0.25) is 0 Å². The molecule has 0 amide bonds. The van der Waals surface area contributed by atoms with E-state index in [1.54, 1.807) is 0 Å². The van der Waals surface area contributed by atoms with Gasteiger partial charge in [0.2, 0.25) is 0 Å². The normalized spacial score (nSPS) is 13.6. The van der Waals surface area contributed by atoms with Crippen LogP contribution in [0.5, 0.6) is 0 Å². The Morgan fingerprint density at radius 1 is 1.27 bits per heavy atom. The van der Waals surface area contributed by atoms with Crippen molar-refractivity contribution in [3.63, 3.8) is 0 Å². The van der Waals surface area contributed by atoms with Crippen LogP contribution in [0.15, 0.2) is 16.6 Å². The number of hydrogen-bond acceptors (Lipinski definition) is 1. The van der Waals surface area contributed by atoms with Crippen molar-refractivity contribution < 1.29 is 0 Å². The molecule has 0 spiro atoms. The zero-order chi connectivity index (χ0) is 7.84. The van der Waals surface area contributed by atoms with Gasteiger partial charge in [0.15, 0.2) is 0 Å². The van der Waals surface area contributed by atoms with Crippen LogP contribution in [-0.2, 0) is 12.8 Å². The molecule has 11 heavy (non-hydrogen) atoms. The average Bonchev–Trinajstić information content (AvgIpc) is 1.93. The van der Waals surface area contributed by atoms with Gasteiger partial charge in [-0.15, -0.1) is 0 Å². The third-order valence-corrected chi connectivity index (χ3v) is 3.01. The topological polar surface area (TPSA) is 12.0 Å². The fraction of sp³-hybridized carbons (Fsp3) is 0.333. The lowest BCUT2D eigenvalue weighted by atomic mass is 9.87. The van der Waals surface area contributed by atoms with Crippen molar-refractivity contribution in [2.75, 3.05) is 12.4 Å². The minimum Gasteiger partial charge on any atom is -0.388 e. The summed E-state index contributed by atoms with van der Waals surface area (Å²) in [6.07, 6.45) is 2.45. The number of nitrogens with one attached hydrogen (secondary N) is 1. The Balaban J connectivity index is 2.55. The SMILES string of the molecule is CNc1ccc(Br)c2c1CC2. The summed E-state index contributed by atoms with van der Waals surface area (Å²) in [5.41, 5.74) is 4.26. The molecule has 0 radical (unpaired) electrons. The number of hydrogen-bond donors (Lipinski definition) is 1. The fourth-order valence-electron chi connectivity index (χ4n) is 1.53. The summed E-state index contributed by atoms with van der Waals surface area (Å²) in [5, 5.41) is 3.19. The van der Waals surface area contributed by atoms with Gasteiger partial charge in [-0.05, 0) is 36.1 Å². The molecule has 1 nitrogen and oxygen atoms in total. The van der Waals surface area contributed by atoms with Crippen molar-refractivity contribution in [2.24, 2.45) is 0 Å². The third kappa shape index (κ3) is 0.968. The minimum absolute atomic E-state index is 1.23. The first-order valence-electron chi connectivity index (χ1n) is 3.81. The Morgan fingerprint density at radius 3 is 2.55 bits per heavy atom. The molecular weight excluding hydrogens is 202 g/mol. The monoisotopic (exact) mass is 211 g/mol. The molecule has 2 rings (SSSR count). The van der Waals surface area contributed by atoms with E-state index < -0.39 is 0 Å². The third-order valence-electron chi connectivity index (χ3n) is 2.27. The molecule has 58 valence electrons. The molecule has 0 atom stereocenters. The average molecular weight is 212 g/mol. The van der Waals surface area contributed by atoms with Gasteiger partial charge in [-0.25, -0.2) is 0 Å². The van der Waals surface area contributed by atoms with Crippen molar-refractivity contribution in [3.8, 4) is 0 Å². The van der Waals surface area contributed by atoms with E-state index in [1.807, 2.05) is 7.05 Å². The molecule has 0 unspecified atom stereocenters. The standard InChI is InChI=1S/C9H10BrN/c1-11-9-5-4-8(10)6-2-3-7(6)9/h4-5,11H,2-3H2,1H3. The molecule has 0 saturated carbocycles. The first kappa shape index (κ1) is 7.17. The Morgan fingerprint density at radius 2 is 2.00 bits per heavy atom. The van der Waals surface area contributed by atoms with Crippen LogP contribution in [0.1, 0.15) is 11.1 Å². The second kappa shape index (κ2) is 2.52. The quantitative estimate of drug-likeness (QED) is 0.754. The maximum atomic E-state index is 3.53. The Bertz CT molecular complexity index is 294. The van der Waals surface area contributed by atoms with Gasteiger partial charge in [0.25, 0.3) is 0 Å². The highest BCUT2D eigenvalue weighted by atomic mass is 79.9. The van der Waals surface area contributed by atoms with Gasteiger partial charge in [0, 0.05) is 17.2 Å². The second-order valence-corrected chi connectivity index (χ2v) is 3.66. The molecule has 1 aromatic rings. The van der Waals surface area contributed by atoms with Crippen molar-refractivity contribution in [2.45, 2.75) is 12.8 Å². The Kier molecular flexibility index (Phi) is 1.64. The van der Waals surface area contributed by atoms with Crippen LogP contribution < -0.4 is 5.32 Å². The largest absolute Gasteiger partial charge is 0.388 e. The molecule has 1 aromatic carbocycles. The van der Waals surface area contributed by atoms with Crippen molar-refractivity contribution in [1.29, 1.82) is 0 Å². The highest BCUT2D eigenvalue weighted by Gasteiger charge is 2.18. The maximum Gasteiger partial charge on any atom is 0.0373 e. The summed E-state index contributed by atoms with van der Waals surface area (Å²) in [6.45, 7) is 0. The van der Waals surface area contributed by atoms with E-state index in [-0.39, 0.29) is 0 Å². The van der Waals surface area contributed by atoms with Crippen LogP contribution in [0.4, 0.5) is 5.69 Å². The highest BCUT2D eigenvalue weighted by Crippen LogP contribution is 2.35. The second-order valence-electron chi connectivity index (χ2n) is 2.80. The van der Waals surface area contributed by atoms with Gasteiger partial charge in [-0.1, -0.05) is 15.9 Å². The molecule has 0 aromatic heterocycles. The summed E-state index contributed by atoms with van der Waals surface area (Å²) >= 11 is 3.53. The van der Waals surface area contributed by atoms with Crippen LogP contribution in [0.25, 0.3) is 0 Å². The van der Waals surface area contributed by atoms with E-state index in [0.29, 0.717) is 0 Å². The van der Waals surface area contributed by atoms with Crippen molar-refractivity contribution in [1.82, 2.24) is 0 Å². The van der Waals surface area contributed by atoms with Crippen LogP contribution in [0, 0.1) is 0 Å². The molecule has 1 aliphatic rings. The predicted molar refractivity (Wildman–Crippen MR) is 51.1 cm³/mol. The van der Waals surface area contributed by atoms with E-state index in [2.05, 4.69) is 33.4 Å². The summed E-state index contributed by atoms with van der Waals surface area (Å²) in [6, 6.07) is 4.24. The van der Waals surface area contributed by atoms with Gasteiger partial charge in [0.05, 0.1) is 0 Å². The molecule has 2 heteroatoms. The van der Waals surface area contributed by atoms with E-state index in [9.17, 15) is 0 Å². The predicted octanol–water partition coefficient (Wildman–Crippen LogP) is 2.59. The molecule has 0 aliphatic heterocycles. The molecule has 0 saturated heterocycles. The lowest BCUT2D eigenvalue weighted by Crippen LogP contribution is -2.12. The molecule has 0 heterocycles. The number of benzene rings is 1. The Labute approximate surface area is 74.9 Å². The van der Waals surface area contributed by atoms with Crippen LogP contribution >= 0.6 is 15.9 Å². The zero-order valence-corrected chi connectivity index (χ0v) is 8.03. The first-order valence-corrected chi connectivity index (χ1v) is 4.60. The van der Waals surface area contributed by atoms with Crippen LogP contribution in [0.2, 0.25) is 0 Å². The summed E-state index contributed by atoms with van der Waals surface area (Å²) < 4.78 is 1.26. The van der Waals surface area contributed by atoms with Gasteiger partial charge in [-0.2, -0.15) is 0 Å². The zero-order valence-electron chi connectivity index (χ0n) is 6.45. The lowest BCUT2D eigenvalue weighted by Gasteiger charge is -2.23. The Hall–Kier alpha value is -0.500. The van der Waals surface area contributed by atoms with Crippen LogP contribution in [0.3, 0.4) is 0 Å². The molecular formula is C9H10BrN. The summed E-state index contributed by atoms with van der Waals surface area (Å²) in [5.74, 6) is 0. The highest BCUT2D eigenvalue weighted by molar-refractivity contribution is 9.10. The van der Waals surface area contributed by atoms with E-state index in [1.165, 1.54) is 34.1 Å². The lowest BCUT2D eigenvalue weighted by molar-refractivity contribution is 0.835. The van der Waals surface area contributed by atoms with E-state index in [0.717, 1.165) is 0 Å². The smallest absolute Gasteiger partial charge is 0.0373 e. The van der Waals surface area contributed by atoms with Gasteiger partial charge >= 0.3 is 0 Å². The number of rotatable bonds is 1. The van der Waals surface area contributed by atoms with Gasteiger partial charge < -0.3 is 5.32 Å². The summed E-state index contributed by atoms with van der Waals surface area (Å²) in [4.78, 5) is 0. The first-order chi connectivity index (χ1) is 5.33. The van der Waals surface area contributed by atoms with Crippen molar-refractivity contribution in [3.05, 3.63) is 27.7 Å². The number of fused-ring (bicyclic) bond motifs is 1. The summed E-state index contributed by atoms with van der Waals surface area (Å²) in [7, 11) is 1.97. The van der Waals surface area contributed by atoms with E-state index in [4.69, 9.17) is 0 Å². The fourth-order valence-corrected chi connectivity index (χ4v) is 2.10.